The van der Waals surface area contributed by atoms with Crippen LogP contribution in [-0.4, -0.2) is 26.2 Å². The zero-order valence-corrected chi connectivity index (χ0v) is 19.9. The lowest BCUT2D eigenvalue weighted by molar-refractivity contribution is -0.121. The van der Waals surface area contributed by atoms with Crippen LogP contribution in [0.2, 0.25) is 10.0 Å². The number of hydrazone groups is 1. The minimum atomic E-state index is -0.448. The Kier molecular flexibility index (Phi) is 6.35. The number of carbonyl (C=O) groups excluding carboxylic acids is 1. The summed E-state index contributed by atoms with van der Waals surface area (Å²) in [5, 5.41) is 6.59. The van der Waals surface area contributed by atoms with Crippen molar-refractivity contribution in [3.63, 3.8) is 0 Å². The van der Waals surface area contributed by atoms with E-state index in [1.165, 1.54) is 10.9 Å². The molecule has 0 bridgehead atoms. The van der Waals surface area contributed by atoms with E-state index in [2.05, 4.69) is 20.1 Å². The highest BCUT2D eigenvalue weighted by Crippen LogP contribution is 2.22. The summed E-state index contributed by atoms with van der Waals surface area (Å²) < 4.78 is 3.34. The van der Waals surface area contributed by atoms with Crippen LogP contribution in [0.25, 0.3) is 21.8 Å². The van der Waals surface area contributed by atoms with E-state index in [0.29, 0.717) is 27.5 Å². The summed E-state index contributed by atoms with van der Waals surface area (Å²) in [6.07, 6.45) is 4.92. The van der Waals surface area contributed by atoms with E-state index in [4.69, 9.17) is 23.2 Å². The molecule has 7 nitrogen and oxygen atoms in total. The van der Waals surface area contributed by atoms with Gasteiger partial charge in [-0.15, -0.1) is 0 Å². The van der Waals surface area contributed by atoms with Gasteiger partial charge in [-0.3, -0.25) is 14.2 Å². The number of para-hydroxylation sites is 1. The second kappa shape index (κ2) is 9.74. The molecule has 2 heterocycles. The Hall–Kier alpha value is -3.94. The van der Waals surface area contributed by atoms with Crippen LogP contribution in [0.1, 0.15) is 11.1 Å². The highest BCUT2D eigenvalue weighted by molar-refractivity contribution is 6.31. The number of fused-ring (bicyclic) bond motifs is 2. The van der Waals surface area contributed by atoms with Crippen molar-refractivity contribution in [2.24, 2.45) is 5.10 Å². The van der Waals surface area contributed by atoms with Gasteiger partial charge in [-0.25, -0.2) is 10.4 Å². The van der Waals surface area contributed by atoms with Gasteiger partial charge in [-0.1, -0.05) is 53.5 Å². The number of aromatic nitrogens is 3. The Morgan fingerprint density at radius 3 is 2.57 bits per heavy atom. The first-order valence-corrected chi connectivity index (χ1v) is 11.5. The molecule has 9 heteroatoms. The van der Waals surface area contributed by atoms with Crippen LogP contribution in [0.3, 0.4) is 0 Å². The molecule has 5 rings (SSSR count). The summed E-state index contributed by atoms with van der Waals surface area (Å²) in [5.74, 6) is -0.448. The van der Waals surface area contributed by atoms with Crippen molar-refractivity contribution in [3.8, 4) is 0 Å². The van der Waals surface area contributed by atoms with E-state index < -0.39 is 5.91 Å². The van der Waals surface area contributed by atoms with Crippen LogP contribution >= 0.6 is 23.2 Å². The molecule has 0 aliphatic heterocycles. The van der Waals surface area contributed by atoms with E-state index in [1.807, 2.05) is 54.7 Å². The normalized spacial score (nSPS) is 11.5. The summed E-state index contributed by atoms with van der Waals surface area (Å²) >= 11 is 12.0. The zero-order chi connectivity index (χ0) is 24.4. The molecule has 1 N–H and O–H groups in total. The molecule has 0 saturated carbocycles. The number of halogens is 2. The highest BCUT2D eigenvalue weighted by Gasteiger charge is 2.10. The van der Waals surface area contributed by atoms with E-state index >= 15 is 0 Å². The van der Waals surface area contributed by atoms with Gasteiger partial charge < -0.3 is 4.57 Å². The van der Waals surface area contributed by atoms with Crippen molar-refractivity contribution in [1.29, 1.82) is 0 Å². The van der Waals surface area contributed by atoms with Crippen molar-refractivity contribution in [3.05, 3.63) is 111 Å². The first-order valence-electron chi connectivity index (χ1n) is 10.8. The smallest absolute Gasteiger partial charge is 0.261 e. The molecule has 0 unspecified atom stereocenters. The first kappa shape index (κ1) is 22.8. The Morgan fingerprint density at radius 2 is 1.74 bits per heavy atom. The predicted octanol–water partition coefficient (Wildman–Crippen LogP) is 4.86. The molecule has 0 spiro atoms. The van der Waals surface area contributed by atoms with Gasteiger partial charge in [0.05, 0.1) is 23.4 Å². The third-order valence-electron chi connectivity index (χ3n) is 5.58. The van der Waals surface area contributed by atoms with Gasteiger partial charge in [-0.05, 0) is 42.0 Å². The number of amides is 1. The third-order valence-corrected chi connectivity index (χ3v) is 6.07. The standard InChI is InChI=1S/C26H19Cl2N5O2/c27-19-7-5-17(6-8-19)13-32-14-18(21-3-1-2-4-24(21)32)12-30-31-25(34)15-33-16-29-23-10-9-20(28)11-22(23)26(33)35/h1-12,14,16H,13,15H2,(H,31,34)/b30-12+. The maximum absolute atomic E-state index is 12.7. The summed E-state index contributed by atoms with van der Waals surface area (Å²) in [5.41, 5.74) is 5.67. The second-order valence-corrected chi connectivity index (χ2v) is 8.86. The van der Waals surface area contributed by atoms with Gasteiger partial charge in [0.1, 0.15) is 6.54 Å². The summed E-state index contributed by atoms with van der Waals surface area (Å²) in [6, 6.07) is 20.5. The van der Waals surface area contributed by atoms with Crippen LogP contribution < -0.4 is 11.0 Å². The van der Waals surface area contributed by atoms with Crippen molar-refractivity contribution in [1.82, 2.24) is 19.5 Å². The average Bonchev–Trinajstić information content (AvgIpc) is 3.20. The second-order valence-electron chi connectivity index (χ2n) is 7.99. The molecule has 0 fully saturated rings. The highest BCUT2D eigenvalue weighted by atomic mass is 35.5. The maximum Gasteiger partial charge on any atom is 0.261 e. The number of rotatable bonds is 6. The van der Waals surface area contributed by atoms with Crippen molar-refractivity contribution in [2.75, 3.05) is 0 Å². The lowest BCUT2D eigenvalue weighted by atomic mass is 10.2. The van der Waals surface area contributed by atoms with Crippen LogP contribution in [0.4, 0.5) is 0 Å². The summed E-state index contributed by atoms with van der Waals surface area (Å²) in [7, 11) is 0. The number of hydrogen-bond acceptors (Lipinski definition) is 4. The van der Waals surface area contributed by atoms with Crippen molar-refractivity contribution < 1.29 is 4.79 Å². The number of nitrogens with one attached hydrogen (secondary N) is 1. The minimum absolute atomic E-state index is 0.218. The van der Waals surface area contributed by atoms with E-state index in [1.54, 1.807) is 24.4 Å². The first-order chi connectivity index (χ1) is 17.0. The lowest BCUT2D eigenvalue weighted by Gasteiger charge is -2.05. The fraction of sp³-hybridized carbons (Fsp3) is 0.0769. The third kappa shape index (κ3) is 4.96. The van der Waals surface area contributed by atoms with Gasteiger partial charge in [0.25, 0.3) is 11.5 Å². The predicted molar refractivity (Wildman–Crippen MR) is 139 cm³/mol. The molecular weight excluding hydrogens is 485 g/mol. The molecule has 0 aliphatic carbocycles. The minimum Gasteiger partial charge on any atom is -0.342 e. The number of benzene rings is 3. The zero-order valence-electron chi connectivity index (χ0n) is 18.4. The van der Waals surface area contributed by atoms with Gasteiger partial charge in [0.2, 0.25) is 0 Å². The van der Waals surface area contributed by atoms with Crippen LogP contribution in [0, 0.1) is 0 Å². The number of carbonyl (C=O) groups is 1. The number of hydrogen-bond donors (Lipinski definition) is 1. The van der Waals surface area contributed by atoms with E-state index in [9.17, 15) is 9.59 Å². The molecular formula is C26H19Cl2N5O2. The summed E-state index contributed by atoms with van der Waals surface area (Å²) in [6.45, 7) is 0.448. The monoisotopic (exact) mass is 503 g/mol. The van der Waals surface area contributed by atoms with Crippen LogP contribution in [0.5, 0.6) is 0 Å². The molecule has 2 aromatic heterocycles. The molecule has 0 saturated heterocycles. The molecule has 0 aliphatic rings. The van der Waals surface area contributed by atoms with Crippen LogP contribution in [0.15, 0.2) is 89.2 Å². The Morgan fingerprint density at radius 1 is 0.971 bits per heavy atom. The SMILES string of the molecule is O=C(Cn1cnc2ccc(Cl)cc2c1=O)N/N=C/c1cn(Cc2ccc(Cl)cc2)c2ccccc12. The van der Waals surface area contributed by atoms with Gasteiger partial charge in [0.15, 0.2) is 0 Å². The lowest BCUT2D eigenvalue weighted by Crippen LogP contribution is -2.30. The van der Waals surface area contributed by atoms with Gasteiger partial charge in [-0.2, -0.15) is 5.10 Å². The maximum atomic E-state index is 12.7. The average molecular weight is 504 g/mol. The van der Waals surface area contributed by atoms with Crippen LogP contribution in [-0.2, 0) is 17.9 Å². The van der Waals surface area contributed by atoms with Crippen molar-refractivity contribution >= 4 is 57.1 Å². The van der Waals surface area contributed by atoms with Gasteiger partial charge >= 0.3 is 0 Å². The number of nitrogens with zero attached hydrogens (tertiary/aromatic N) is 4. The molecule has 1 amide bonds. The Labute approximate surface area is 210 Å². The van der Waals surface area contributed by atoms with E-state index in [-0.39, 0.29) is 12.1 Å². The largest absolute Gasteiger partial charge is 0.342 e. The Bertz CT molecular complexity index is 1640. The van der Waals surface area contributed by atoms with E-state index in [0.717, 1.165) is 22.0 Å². The summed E-state index contributed by atoms with van der Waals surface area (Å²) in [4.78, 5) is 29.3. The van der Waals surface area contributed by atoms with Gasteiger partial charge in [0, 0.05) is 39.3 Å². The molecule has 35 heavy (non-hydrogen) atoms. The topological polar surface area (TPSA) is 81.3 Å². The quantitative estimate of drug-likeness (QED) is 0.265. The molecule has 0 atom stereocenters. The molecule has 174 valence electrons. The molecule has 3 aromatic carbocycles. The fourth-order valence-corrected chi connectivity index (χ4v) is 4.20. The molecule has 0 radical (unpaired) electrons. The Balaban J connectivity index is 1.32. The fourth-order valence-electron chi connectivity index (χ4n) is 3.90. The molecule has 5 aromatic rings. The van der Waals surface area contributed by atoms with Crippen molar-refractivity contribution in [2.45, 2.75) is 13.1 Å².